The lowest BCUT2D eigenvalue weighted by molar-refractivity contribution is -0.143. The molecular weight excluding hydrogens is 586 g/mol. The number of nitrogens with one attached hydrogen (secondary N) is 3. The van der Waals surface area contributed by atoms with Gasteiger partial charge in [0.05, 0.1) is 12.1 Å². The van der Waals surface area contributed by atoms with Crippen molar-refractivity contribution in [1.29, 1.82) is 0 Å². The first-order valence-electron chi connectivity index (χ1n) is 16.0. The van der Waals surface area contributed by atoms with Crippen molar-refractivity contribution in [2.24, 2.45) is 17.4 Å². The average Bonchev–Trinajstić information content (AvgIpc) is 3.71. The van der Waals surface area contributed by atoms with Crippen LogP contribution >= 0.6 is 0 Å². The second-order valence-electron chi connectivity index (χ2n) is 12.0. The maximum Gasteiger partial charge on any atom is 0.303 e. The number of amides is 5. The molecule has 2 heterocycles. The molecular formula is C30H51N7O8. The quantitative estimate of drug-likeness (QED) is 0.0793. The fourth-order valence-electron chi connectivity index (χ4n) is 5.67. The molecule has 0 bridgehead atoms. The van der Waals surface area contributed by atoms with Gasteiger partial charge in [-0.25, -0.2) is 0 Å². The molecule has 2 saturated heterocycles. The van der Waals surface area contributed by atoms with Gasteiger partial charge in [0.15, 0.2) is 0 Å². The predicted molar refractivity (Wildman–Crippen MR) is 164 cm³/mol. The van der Waals surface area contributed by atoms with E-state index in [4.69, 9.17) is 11.5 Å². The van der Waals surface area contributed by atoms with Crippen LogP contribution in [-0.2, 0) is 33.6 Å². The molecule has 0 saturated carbocycles. The molecule has 2 aliphatic heterocycles. The number of hydrogen-bond donors (Lipinski definition) is 6. The van der Waals surface area contributed by atoms with Crippen LogP contribution in [-0.4, -0.2) is 113 Å². The van der Waals surface area contributed by atoms with E-state index in [0.29, 0.717) is 70.7 Å². The van der Waals surface area contributed by atoms with E-state index in [1.54, 1.807) is 0 Å². The molecule has 8 N–H and O–H groups in total. The van der Waals surface area contributed by atoms with E-state index in [0.717, 1.165) is 0 Å². The smallest absolute Gasteiger partial charge is 0.303 e. The number of carbonyl (C=O) groups excluding carboxylic acids is 6. The van der Waals surface area contributed by atoms with E-state index in [1.165, 1.54) is 16.7 Å². The van der Waals surface area contributed by atoms with E-state index in [2.05, 4.69) is 16.0 Å². The topological polar surface area (TPSA) is 234 Å². The third kappa shape index (κ3) is 10.8. The SMILES string of the molecule is CC[C@H](C)[C@H](N)C(=O)N[C@@H](CCCCN)C(=O)N1CCC[C@H]1C(=O)N[C@@H](CCC(=O)O)C(=O)NC(C)C(=O)N1CCC[C@H]1C=O. The molecule has 15 nitrogen and oxygen atoms in total. The van der Waals surface area contributed by atoms with E-state index in [9.17, 15) is 38.7 Å². The zero-order valence-electron chi connectivity index (χ0n) is 26.7. The standard InChI is InChI=1S/C30H51N7O8/c1-4-18(2)25(32)28(43)35-22(10-5-6-14-31)30(45)37-16-8-11-23(37)27(42)34-21(12-13-24(39)40)26(41)33-19(3)29(44)36-15-7-9-20(36)17-38/h17-23,25H,4-16,31-32H2,1-3H3,(H,33,41)(H,34,42)(H,35,43)(H,39,40)/t18-,19?,20-,21-,22-,23-,25-/m0/s1. The fourth-order valence-corrected chi connectivity index (χ4v) is 5.67. The van der Waals surface area contributed by atoms with Crippen LogP contribution in [0.5, 0.6) is 0 Å². The average molecular weight is 638 g/mol. The molecule has 15 heteroatoms. The Hall–Kier alpha value is -3.59. The Labute approximate surface area is 264 Å². The Kier molecular flexibility index (Phi) is 15.4. The molecule has 0 aromatic rings. The lowest BCUT2D eigenvalue weighted by Gasteiger charge is -2.31. The number of aliphatic carboxylic acids is 1. The van der Waals surface area contributed by atoms with E-state index in [-0.39, 0.29) is 18.9 Å². The van der Waals surface area contributed by atoms with Crippen molar-refractivity contribution in [3.63, 3.8) is 0 Å². The summed E-state index contributed by atoms with van der Waals surface area (Å²) in [6.45, 7) is 6.26. The van der Waals surface area contributed by atoms with Crippen molar-refractivity contribution in [3.05, 3.63) is 0 Å². The third-order valence-corrected chi connectivity index (χ3v) is 8.71. The van der Waals surface area contributed by atoms with Gasteiger partial charge in [-0.1, -0.05) is 20.3 Å². The molecule has 0 aromatic heterocycles. The number of rotatable bonds is 18. The molecule has 7 atom stereocenters. The van der Waals surface area contributed by atoms with Crippen molar-refractivity contribution in [2.45, 2.75) is 121 Å². The van der Waals surface area contributed by atoms with Crippen molar-refractivity contribution in [1.82, 2.24) is 25.8 Å². The van der Waals surface area contributed by atoms with Crippen LogP contribution in [0, 0.1) is 5.92 Å². The Morgan fingerprint density at radius 3 is 2.18 bits per heavy atom. The predicted octanol–water partition coefficient (Wildman–Crippen LogP) is -0.991. The summed E-state index contributed by atoms with van der Waals surface area (Å²) >= 11 is 0. The van der Waals surface area contributed by atoms with Gasteiger partial charge in [-0.05, 0) is 70.8 Å². The van der Waals surface area contributed by atoms with E-state index < -0.39 is 78.2 Å². The molecule has 45 heavy (non-hydrogen) atoms. The molecule has 2 fully saturated rings. The number of unbranched alkanes of at least 4 members (excludes halogenated alkanes) is 1. The molecule has 0 radical (unpaired) electrons. The van der Waals surface area contributed by atoms with Gasteiger partial charge in [0.2, 0.25) is 29.5 Å². The number of aldehydes is 1. The molecule has 0 aliphatic carbocycles. The first-order chi connectivity index (χ1) is 21.4. The Morgan fingerprint density at radius 1 is 0.889 bits per heavy atom. The highest BCUT2D eigenvalue weighted by Gasteiger charge is 2.40. The highest BCUT2D eigenvalue weighted by atomic mass is 16.4. The molecule has 0 spiro atoms. The van der Waals surface area contributed by atoms with E-state index >= 15 is 0 Å². The van der Waals surface area contributed by atoms with Crippen LogP contribution in [0.1, 0.15) is 85.0 Å². The van der Waals surface area contributed by atoms with Gasteiger partial charge >= 0.3 is 5.97 Å². The number of carbonyl (C=O) groups is 7. The van der Waals surface area contributed by atoms with Crippen LogP contribution in [0.2, 0.25) is 0 Å². The lowest BCUT2D eigenvalue weighted by Crippen LogP contribution is -2.58. The van der Waals surface area contributed by atoms with Crippen molar-refractivity contribution < 1.29 is 38.7 Å². The number of hydrogen-bond acceptors (Lipinski definition) is 9. The van der Waals surface area contributed by atoms with Gasteiger partial charge in [0.25, 0.3) is 0 Å². The molecule has 254 valence electrons. The molecule has 1 unspecified atom stereocenters. The Morgan fingerprint density at radius 2 is 1.56 bits per heavy atom. The summed E-state index contributed by atoms with van der Waals surface area (Å²) in [7, 11) is 0. The third-order valence-electron chi connectivity index (χ3n) is 8.71. The van der Waals surface area contributed by atoms with Crippen molar-refractivity contribution in [3.8, 4) is 0 Å². The minimum Gasteiger partial charge on any atom is -0.481 e. The highest BCUT2D eigenvalue weighted by molar-refractivity contribution is 5.96. The summed E-state index contributed by atoms with van der Waals surface area (Å²) in [5.74, 6) is -4.05. The number of nitrogens with two attached hydrogens (primary N) is 2. The Balaban J connectivity index is 2.16. The van der Waals surface area contributed by atoms with Gasteiger partial charge < -0.3 is 47.1 Å². The van der Waals surface area contributed by atoms with Crippen LogP contribution in [0.4, 0.5) is 0 Å². The first-order valence-corrected chi connectivity index (χ1v) is 16.0. The van der Waals surface area contributed by atoms with Crippen molar-refractivity contribution in [2.75, 3.05) is 19.6 Å². The zero-order chi connectivity index (χ0) is 33.7. The summed E-state index contributed by atoms with van der Waals surface area (Å²) in [6, 6.07) is -5.57. The van der Waals surface area contributed by atoms with Gasteiger partial charge in [-0.15, -0.1) is 0 Å². The minimum absolute atomic E-state index is 0.108. The summed E-state index contributed by atoms with van der Waals surface area (Å²) < 4.78 is 0. The van der Waals surface area contributed by atoms with Gasteiger partial charge in [0, 0.05) is 19.5 Å². The maximum atomic E-state index is 13.7. The van der Waals surface area contributed by atoms with Gasteiger partial charge in [-0.3, -0.25) is 28.8 Å². The second-order valence-corrected chi connectivity index (χ2v) is 12.0. The van der Waals surface area contributed by atoms with E-state index in [1.807, 2.05) is 13.8 Å². The van der Waals surface area contributed by atoms with Crippen LogP contribution in [0.3, 0.4) is 0 Å². The fraction of sp³-hybridized carbons (Fsp3) is 0.767. The minimum atomic E-state index is -1.30. The number of carboxylic acids is 1. The Bertz CT molecular complexity index is 1070. The summed E-state index contributed by atoms with van der Waals surface area (Å²) in [5.41, 5.74) is 11.7. The number of nitrogens with zero attached hydrogens (tertiary/aromatic N) is 2. The molecule has 5 amide bonds. The van der Waals surface area contributed by atoms with Gasteiger partial charge in [0.1, 0.15) is 30.5 Å². The number of likely N-dealkylation sites (tertiary alicyclic amines) is 2. The van der Waals surface area contributed by atoms with Crippen LogP contribution < -0.4 is 27.4 Å². The van der Waals surface area contributed by atoms with Crippen molar-refractivity contribution >= 4 is 41.8 Å². The van der Waals surface area contributed by atoms with Crippen LogP contribution in [0.25, 0.3) is 0 Å². The second kappa shape index (κ2) is 18.4. The lowest BCUT2D eigenvalue weighted by atomic mass is 9.98. The maximum absolute atomic E-state index is 13.7. The molecule has 2 rings (SSSR count). The van der Waals surface area contributed by atoms with Crippen LogP contribution in [0.15, 0.2) is 0 Å². The first kappa shape index (κ1) is 37.6. The largest absolute Gasteiger partial charge is 0.481 e. The summed E-state index contributed by atoms with van der Waals surface area (Å²) in [4.78, 5) is 91.6. The normalized spacial score (nSPS) is 21.3. The summed E-state index contributed by atoms with van der Waals surface area (Å²) in [5, 5.41) is 17.1. The highest BCUT2D eigenvalue weighted by Crippen LogP contribution is 2.21. The molecule has 0 aromatic carbocycles. The van der Waals surface area contributed by atoms with Gasteiger partial charge in [-0.2, -0.15) is 0 Å². The summed E-state index contributed by atoms with van der Waals surface area (Å²) in [6.07, 6.45) is 4.19. The number of carboxylic acid groups (broad SMARTS) is 1. The zero-order valence-corrected chi connectivity index (χ0v) is 26.7. The molecule has 2 aliphatic rings. The monoisotopic (exact) mass is 637 g/mol.